The Morgan fingerprint density at radius 1 is 1.13 bits per heavy atom. The van der Waals surface area contributed by atoms with Gasteiger partial charge in [0.25, 0.3) is 0 Å². The first-order valence-corrected chi connectivity index (χ1v) is 4.60. The van der Waals surface area contributed by atoms with Gasteiger partial charge in [-0.3, -0.25) is 0 Å². The summed E-state index contributed by atoms with van der Waals surface area (Å²) in [5.41, 5.74) is 1.22. The number of hydrogen-bond acceptors (Lipinski definition) is 2. The van der Waals surface area contributed by atoms with E-state index in [1.54, 1.807) is 25.1 Å². The average molecular weight is 203 g/mol. The maximum Gasteiger partial charge on any atom is 0.131 e. The fourth-order valence-electron chi connectivity index (χ4n) is 1.63. The van der Waals surface area contributed by atoms with E-state index >= 15 is 0 Å². The number of nitrogens with zero attached hydrogens (tertiary/aromatic N) is 1. The second-order valence-electron chi connectivity index (χ2n) is 3.33. The molecule has 0 bridgehead atoms. The van der Waals surface area contributed by atoms with Gasteiger partial charge in [0.1, 0.15) is 5.82 Å². The zero-order chi connectivity index (χ0) is 10.8. The van der Waals surface area contributed by atoms with E-state index < -0.39 is 0 Å². The summed E-state index contributed by atoms with van der Waals surface area (Å²) in [7, 11) is 0. The molecule has 2 nitrogen and oxygen atoms in total. The Labute approximate surface area is 86.7 Å². The summed E-state index contributed by atoms with van der Waals surface area (Å²) < 4.78 is 13.4. The molecule has 2 rings (SSSR count). The van der Waals surface area contributed by atoms with Gasteiger partial charge in [-0.25, -0.2) is 4.39 Å². The lowest BCUT2D eigenvalue weighted by molar-refractivity contribution is 0.319. The second-order valence-corrected chi connectivity index (χ2v) is 3.33. The Balaban J connectivity index is 2.83. The van der Waals surface area contributed by atoms with E-state index in [2.05, 4.69) is 5.16 Å². The van der Waals surface area contributed by atoms with Crippen molar-refractivity contribution >= 4 is 16.5 Å². The number of fused-ring (bicyclic) bond motifs is 1. The molecule has 0 aliphatic carbocycles. The Bertz CT molecular complexity index is 534. The van der Waals surface area contributed by atoms with Crippen LogP contribution in [0.2, 0.25) is 0 Å². The minimum atomic E-state index is -0.264. The quantitative estimate of drug-likeness (QED) is 0.431. The summed E-state index contributed by atoms with van der Waals surface area (Å²) in [6.07, 6.45) is 0. The molecule has 15 heavy (non-hydrogen) atoms. The van der Waals surface area contributed by atoms with Crippen LogP contribution in [0, 0.1) is 5.82 Å². The van der Waals surface area contributed by atoms with Crippen LogP contribution in [0.25, 0.3) is 10.8 Å². The van der Waals surface area contributed by atoms with Crippen LogP contribution in [0.15, 0.2) is 41.6 Å². The predicted molar refractivity (Wildman–Crippen MR) is 57.9 cm³/mol. The lowest BCUT2D eigenvalue weighted by Crippen LogP contribution is -1.96. The highest BCUT2D eigenvalue weighted by Gasteiger charge is 2.07. The zero-order valence-corrected chi connectivity index (χ0v) is 8.24. The second kappa shape index (κ2) is 3.69. The first-order chi connectivity index (χ1) is 7.24. The van der Waals surface area contributed by atoms with Crippen molar-refractivity contribution < 1.29 is 9.60 Å². The van der Waals surface area contributed by atoms with Crippen LogP contribution in [-0.2, 0) is 0 Å². The molecule has 2 aromatic carbocycles. The molecule has 0 heterocycles. The zero-order valence-electron chi connectivity index (χ0n) is 8.24. The summed E-state index contributed by atoms with van der Waals surface area (Å²) in [4.78, 5) is 0. The van der Waals surface area contributed by atoms with Crippen LogP contribution < -0.4 is 0 Å². The monoisotopic (exact) mass is 203 g/mol. The minimum Gasteiger partial charge on any atom is -0.411 e. The first kappa shape index (κ1) is 9.65. The molecule has 0 amide bonds. The van der Waals surface area contributed by atoms with Crippen molar-refractivity contribution in [3.63, 3.8) is 0 Å². The van der Waals surface area contributed by atoms with E-state index in [1.807, 2.05) is 12.1 Å². The van der Waals surface area contributed by atoms with Crippen molar-refractivity contribution in [1.29, 1.82) is 0 Å². The Kier molecular flexibility index (Phi) is 2.37. The van der Waals surface area contributed by atoms with Gasteiger partial charge in [0.05, 0.1) is 5.71 Å². The van der Waals surface area contributed by atoms with Crippen molar-refractivity contribution in [3.05, 3.63) is 47.8 Å². The van der Waals surface area contributed by atoms with E-state index in [1.165, 1.54) is 6.07 Å². The molecule has 76 valence electrons. The van der Waals surface area contributed by atoms with Crippen molar-refractivity contribution in [3.8, 4) is 0 Å². The molecule has 0 spiro atoms. The third kappa shape index (κ3) is 1.56. The largest absolute Gasteiger partial charge is 0.411 e. The van der Waals surface area contributed by atoms with Gasteiger partial charge in [-0.05, 0) is 24.4 Å². The van der Waals surface area contributed by atoms with Crippen LogP contribution in [0.4, 0.5) is 4.39 Å². The highest BCUT2D eigenvalue weighted by atomic mass is 19.1. The summed E-state index contributed by atoms with van der Waals surface area (Å²) in [5, 5.41) is 13.1. The van der Waals surface area contributed by atoms with Gasteiger partial charge in [0.15, 0.2) is 0 Å². The molecule has 0 fully saturated rings. The third-order valence-corrected chi connectivity index (χ3v) is 2.41. The fourth-order valence-corrected chi connectivity index (χ4v) is 1.63. The number of halogens is 1. The highest BCUT2D eigenvalue weighted by molar-refractivity contribution is 6.09. The van der Waals surface area contributed by atoms with E-state index in [4.69, 9.17) is 5.21 Å². The molecule has 0 radical (unpaired) electrons. The van der Waals surface area contributed by atoms with E-state index in [-0.39, 0.29) is 5.82 Å². The summed E-state index contributed by atoms with van der Waals surface area (Å²) >= 11 is 0. The Morgan fingerprint density at radius 3 is 2.47 bits per heavy atom. The lowest BCUT2D eigenvalue weighted by Gasteiger charge is -2.05. The molecular weight excluding hydrogens is 193 g/mol. The van der Waals surface area contributed by atoms with Gasteiger partial charge >= 0.3 is 0 Å². The molecular formula is C12H10FNO. The van der Waals surface area contributed by atoms with Crippen molar-refractivity contribution in [1.82, 2.24) is 0 Å². The van der Waals surface area contributed by atoms with Gasteiger partial charge in [0, 0.05) is 10.9 Å². The minimum absolute atomic E-state index is 0.264. The van der Waals surface area contributed by atoms with Crippen LogP contribution in [0.1, 0.15) is 12.5 Å². The number of oxime groups is 1. The third-order valence-electron chi connectivity index (χ3n) is 2.41. The van der Waals surface area contributed by atoms with E-state index in [0.29, 0.717) is 11.1 Å². The number of hydrogen-bond donors (Lipinski definition) is 1. The molecule has 0 aliphatic rings. The van der Waals surface area contributed by atoms with E-state index in [0.717, 1.165) is 10.9 Å². The average Bonchev–Trinajstić information content (AvgIpc) is 2.29. The normalized spacial score (nSPS) is 12.0. The Hall–Kier alpha value is -1.90. The van der Waals surface area contributed by atoms with Crippen molar-refractivity contribution in [2.75, 3.05) is 0 Å². The molecule has 0 unspecified atom stereocenters. The SMILES string of the molecule is CC(=NO)c1ccc(F)c2ccccc12. The maximum absolute atomic E-state index is 13.4. The lowest BCUT2D eigenvalue weighted by atomic mass is 10.0. The molecule has 0 saturated heterocycles. The summed E-state index contributed by atoms with van der Waals surface area (Å²) in [6.45, 7) is 1.68. The van der Waals surface area contributed by atoms with Gasteiger partial charge in [-0.1, -0.05) is 29.4 Å². The molecule has 0 saturated carbocycles. The van der Waals surface area contributed by atoms with Crippen molar-refractivity contribution in [2.45, 2.75) is 6.92 Å². The Morgan fingerprint density at radius 2 is 1.80 bits per heavy atom. The van der Waals surface area contributed by atoms with Crippen LogP contribution in [0.3, 0.4) is 0 Å². The maximum atomic E-state index is 13.4. The smallest absolute Gasteiger partial charge is 0.131 e. The topological polar surface area (TPSA) is 32.6 Å². The number of benzene rings is 2. The summed E-state index contributed by atoms with van der Waals surface area (Å²) in [6, 6.07) is 10.1. The fraction of sp³-hybridized carbons (Fsp3) is 0.0833. The van der Waals surface area contributed by atoms with Crippen LogP contribution >= 0.6 is 0 Å². The van der Waals surface area contributed by atoms with Gasteiger partial charge < -0.3 is 5.21 Å². The van der Waals surface area contributed by atoms with Crippen LogP contribution in [0.5, 0.6) is 0 Å². The molecule has 0 aromatic heterocycles. The number of rotatable bonds is 1. The standard InChI is InChI=1S/C12H10FNO/c1-8(14-15)9-6-7-12(13)11-5-3-2-4-10(9)11/h2-7,15H,1H3. The van der Waals surface area contributed by atoms with Crippen molar-refractivity contribution in [2.24, 2.45) is 5.16 Å². The predicted octanol–water partition coefficient (Wildman–Crippen LogP) is 3.18. The van der Waals surface area contributed by atoms with Gasteiger partial charge in [-0.15, -0.1) is 0 Å². The summed E-state index contributed by atoms with van der Waals surface area (Å²) in [5.74, 6) is -0.264. The van der Waals surface area contributed by atoms with Crippen LogP contribution in [-0.4, -0.2) is 10.9 Å². The molecule has 0 atom stereocenters. The molecule has 0 aliphatic heterocycles. The molecule has 3 heteroatoms. The highest BCUT2D eigenvalue weighted by Crippen LogP contribution is 2.22. The van der Waals surface area contributed by atoms with E-state index in [9.17, 15) is 4.39 Å². The van der Waals surface area contributed by atoms with Gasteiger partial charge in [0.2, 0.25) is 0 Å². The molecule has 2 aromatic rings. The first-order valence-electron chi connectivity index (χ1n) is 4.60. The molecule has 1 N–H and O–H groups in total. The van der Waals surface area contributed by atoms with Gasteiger partial charge in [-0.2, -0.15) is 0 Å².